The Bertz CT molecular complexity index is 439. The van der Waals surface area contributed by atoms with Gasteiger partial charge in [-0.25, -0.2) is 0 Å². The number of rotatable bonds is 6. The van der Waals surface area contributed by atoms with Gasteiger partial charge >= 0.3 is 0 Å². The summed E-state index contributed by atoms with van der Waals surface area (Å²) in [7, 11) is 3.81. The molecule has 1 fully saturated rings. The fourth-order valence-electron chi connectivity index (χ4n) is 2.35. The molecular formula is C13H24N6O. The molecule has 0 saturated heterocycles. The highest BCUT2D eigenvalue weighted by Crippen LogP contribution is 2.25. The quantitative estimate of drug-likeness (QED) is 0.715. The summed E-state index contributed by atoms with van der Waals surface area (Å²) in [5, 5.41) is 15.9. The molecule has 0 aliphatic heterocycles. The van der Waals surface area contributed by atoms with Crippen LogP contribution >= 0.6 is 0 Å². The van der Waals surface area contributed by atoms with Crippen molar-refractivity contribution in [2.24, 2.45) is 5.92 Å². The molecule has 1 heterocycles. The van der Waals surface area contributed by atoms with Gasteiger partial charge in [-0.1, -0.05) is 0 Å². The van der Waals surface area contributed by atoms with Gasteiger partial charge in [0.1, 0.15) is 0 Å². The Morgan fingerprint density at radius 1 is 1.15 bits per heavy atom. The maximum Gasteiger partial charge on any atom is 0.231 e. The minimum atomic E-state index is -0.144. The molecule has 2 atom stereocenters. The number of hydrogen-bond donors (Lipinski definition) is 3. The Morgan fingerprint density at radius 3 is 2.40 bits per heavy atom. The molecule has 20 heavy (non-hydrogen) atoms. The first-order chi connectivity index (χ1) is 9.58. The summed E-state index contributed by atoms with van der Waals surface area (Å²) in [5.41, 5.74) is 0. The summed E-state index contributed by atoms with van der Waals surface area (Å²) >= 11 is 0. The molecule has 1 aromatic heterocycles. The van der Waals surface area contributed by atoms with Crippen LogP contribution in [0.4, 0.5) is 17.8 Å². The van der Waals surface area contributed by atoms with Crippen molar-refractivity contribution in [3.63, 3.8) is 0 Å². The molecule has 0 bridgehead atoms. The minimum Gasteiger partial charge on any atom is -0.393 e. The summed E-state index contributed by atoms with van der Waals surface area (Å²) in [4.78, 5) is 14.9. The van der Waals surface area contributed by atoms with Crippen molar-refractivity contribution in [2.75, 3.05) is 42.7 Å². The molecule has 2 unspecified atom stereocenters. The molecule has 3 N–H and O–H groups in total. The molecule has 2 rings (SSSR count). The lowest BCUT2D eigenvalue weighted by atomic mass is 10.1. The highest BCUT2D eigenvalue weighted by molar-refractivity contribution is 5.42. The van der Waals surface area contributed by atoms with Crippen molar-refractivity contribution < 1.29 is 5.11 Å². The van der Waals surface area contributed by atoms with Gasteiger partial charge in [-0.15, -0.1) is 0 Å². The lowest BCUT2D eigenvalue weighted by Crippen LogP contribution is -2.19. The van der Waals surface area contributed by atoms with Gasteiger partial charge < -0.3 is 20.6 Å². The van der Waals surface area contributed by atoms with Crippen LogP contribution in [-0.4, -0.2) is 53.3 Å². The van der Waals surface area contributed by atoms with Gasteiger partial charge in [0.2, 0.25) is 17.8 Å². The molecule has 0 amide bonds. The lowest BCUT2D eigenvalue weighted by Gasteiger charge is -2.15. The van der Waals surface area contributed by atoms with Crippen LogP contribution in [0.2, 0.25) is 0 Å². The average molecular weight is 280 g/mol. The van der Waals surface area contributed by atoms with E-state index in [-0.39, 0.29) is 6.10 Å². The third kappa shape index (κ3) is 3.93. The Balaban J connectivity index is 2.02. The van der Waals surface area contributed by atoms with Gasteiger partial charge in [0.15, 0.2) is 0 Å². The van der Waals surface area contributed by atoms with Crippen LogP contribution in [0.3, 0.4) is 0 Å². The number of nitrogens with one attached hydrogen (secondary N) is 2. The second-order valence-electron chi connectivity index (χ2n) is 5.42. The molecule has 7 heteroatoms. The summed E-state index contributed by atoms with van der Waals surface area (Å²) in [5.74, 6) is 2.29. The second-order valence-corrected chi connectivity index (χ2v) is 5.42. The van der Waals surface area contributed by atoms with E-state index >= 15 is 0 Å². The maximum atomic E-state index is 9.54. The molecule has 1 aliphatic rings. The van der Waals surface area contributed by atoms with E-state index in [2.05, 4.69) is 25.6 Å². The third-order valence-electron chi connectivity index (χ3n) is 3.42. The van der Waals surface area contributed by atoms with E-state index in [0.717, 1.165) is 32.4 Å². The monoisotopic (exact) mass is 280 g/mol. The zero-order chi connectivity index (χ0) is 14.5. The fraction of sp³-hybridized carbons (Fsp3) is 0.769. The molecule has 1 aromatic rings. The van der Waals surface area contributed by atoms with Crippen LogP contribution in [0.1, 0.15) is 26.2 Å². The van der Waals surface area contributed by atoms with Crippen molar-refractivity contribution in [3.8, 4) is 0 Å². The first kappa shape index (κ1) is 14.8. The van der Waals surface area contributed by atoms with E-state index in [1.807, 2.05) is 25.9 Å². The Kier molecular flexibility index (Phi) is 4.94. The molecule has 1 aliphatic carbocycles. The van der Waals surface area contributed by atoms with Crippen LogP contribution in [0.25, 0.3) is 0 Å². The van der Waals surface area contributed by atoms with Crippen molar-refractivity contribution in [3.05, 3.63) is 0 Å². The molecule has 0 spiro atoms. The molecule has 0 radical (unpaired) electrons. The second kappa shape index (κ2) is 6.69. The van der Waals surface area contributed by atoms with Crippen LogP contribution in [0, 0.1) is 5.92 Å². The van der Waals surface area contributed by atoms with Crippen LogP contribution in [-0.2, 0) is 0 Å². The van der Waals surface area contributed by atoms with Gasteiger partial charge in [-0.05, 0) is 32.1 Å². The van der Waals surface area contributed by atoms with E-state index in [0.29, 0.717) is 23.8 Å². The predicted octanol–water partition coefficient (Wildman–Crippen LogP) is 0.942. The highest BCUT2D eigenvalue weighted by Gasteiger charge is 2.22. The molecule has 112 valence electrons. The lowest BCUT2D eigenvalue weighted by molar-refractivity contribution is 0.178. The average Bonchev–Trinajstić information content (AvgIpc) is 2.82. The molecule has 1 saturated carbocycles. The summed E-state index contributed by atoms with van der Waals surface area (Å²) in [6.07, 6.45) is 2.67. The van der Waals surface area contributed by atoms with Gasteiger partial charge in [0, 0.05) is 27.2 Å². The standard InChI is InChI=1S/C13H24N6O/c1-4-14-11-16-12(18-13(17-11)19(2)3)15-8-9-5-6-10(20)7-9/h9-10,20H,4-8H2,1-3H3,(H2,14,15,16,17,18). The Hall–Kier alpha value is -1.63. The number of hydrogen-bond acceptors (Lipinski definition) is 7. The van der Waals surface area contributed by atoms with Crippen molar-refractivity contribution in [1.29, 1.82) is 0 Å². The highest BCUT2D eigenvalue weighted by atomic mass is 16.3. The van der Waals surface area contributed by atoms with Gasteiger partial charge in [0.25, 0.3) is 0 Å². The van der Waals surface area contributed by atoms with Crippen LogP contribution < -0.4 is 15.5 Å². The number of aliphatic hydroxyl groups is 1. The number of nitrogens with zero attached hydrogens (tertiary/aromatic N) is 4. The number of aromatic nitrogens is 3. The van der Waals surface area contributed by atoms with Crippen molar-refractivity contribution >= 4 is 17.8 Å². The maximum absolute atomic E-state index is 9.54. The molecular weight excluding hydrogens is 256 g/mol. The van der Waals surface area contributed by atoms with E-state index in [1.165, 1.54) is 0 Å². The fourth-order valence-corrected chi connectivity index (χ4v) is 2.35. The Labute approximate surface area is 119 Å². The van der Waals surface area contributed by atoms with Crippen molar-refractivity contribution in [1.82, 2.24) is 15.0 Å². The summed E-state index contributed by atoms with van der Waals surface area (Å²) < 4.78 is 0. The predicted molar refractivity (Wildman–Crippen MR) is 80.2 cm³/mol. The van der Waals surface area contributed by atoms with E-state index in [4.69, 9.17) is 0 Å². The SMILES string of the molecule is CCNc1nc(NCC2CCC(O)C2)nc(N(C)C)n1. The number of aliphatic hydroxyl groups excluding tert-OH is 1. The third-order valence-corrected chi connectivity index (χ3v) is 3.42. The van der Waals surface area contributed by atoms with Gasteiger partial charge in [-0.2, -0.15) is 15.0 Å². The zero-order valence-corrected chi connectivity index (χ0v) is 12.4. The molecule has 7 nitrogen and oxygen atoms in total. The first-order valence-electron chi connectivity index (χ1n) is 7.17. The normalized spacial score (nSPS) is 21.8. The number of anilines is 3. The topological polar surface area (TPSA) is 86.2 Å². The van der Waals surface area contributed by atoms with Gasteiger partial charge in [-0.3, -0.25) is 0 Å². The van der Waals surface area contributed by atoms with Gasteiger partial charge in [0.05, 0.1) is 6.10 Å². The zero-order valence-electron chi connectivity index (χ0n) is 12.4. The first-order valence-corrected chi connectivity index (χ1v) is 7.17. The Morgan fingerprint density at radius 2 is 1.85 bits per heavy atom. The summed E-state index contributed by atoms with van der Waals surface area (Å²) in [6, 6.07) is 0. The molecule has 0 aromatic carbocycles. The smallest absolute Gasteiger partial charge is 0.231 e. The summed E-state index contributed by atoms with van der Waals surface area (Å²) in [6.45, 7) is 3.57. The van der Waals surface area contributed by atoms with Crippen molar-refractivity contribution in [2.45, 2.75) is 32.3 Å². The largest absolute Gasteiger partial charge is 0.393 e. The van der Waals surface area contributed by atoms with Crippen LogP contribution in [0.5, 0.6) is 0 Å². The van der Waals surface area contributed by atoms with E-state index in [1.54, 1.807) is 0 Å². The van der Waals surface area contributed by atoms with E-state index < -0.39 is 0 Å². The van der Waals surface area contributed by atoms with Crippen LogP contribution in [0.15, 0.2) is 0 Å². The van der Waals surface area contributed by atoms with E-state index in [9.17, 15) is 5.11 Å². The minimum absolute atomic E-state index is 0.144.